The Hall–Kier alpha value is -3.37. The number of methoxy groups -OCH3 is 1. The van der Waals surface area contributed by atoms with Gasteiger partial charge in [-0.2, -0.15) is 0 Å². The van der Waals surface area contributed by atoms with Gasteiger partial charge in [-0.1, -0.05) is 18.2 Å². The molecule has 10 nitrogen and oxygen atoms in total. The van der Waals surface area contributed by atoms with Gasteiger partial charge in [0.15, 0.2) is 0 Å². The zero-order chi connectivity index (χ0) is 24.1. The van der Waals surface area contributed by atoms with Gasteiger partial charge < -0.3 is 19.9 Å². The highest BCUT2D eigenvalue weighted by Gasteiger charge is 2.40. The van der Waals surface area contributed by atoms with E-state index in [9.17, 15) is 14.4 Å². The van der Waals surface area contributed by atoms with Crippen LogP contribution in [0.15, 0.2) is 37.2 Å². The number of carbonyl (C=O) groups is 3. The number of nitrogens with one attached hydrogen (secondary N) is 1. The van der Waals surface area contributed by atoms with Gasteiger partial charge in [-0.3, -0.25) is 14.4 Å². The molecule has 0 unspecified atom stereocenters. The largest absolute Gasteiger partial charge is 0.382 e. The van der Waals surface area contributed by atoms with Crippen molar-refractivity contribution in [2.24, 2.45) is 0 Å². The Kier molecular flexibility index (Phi) is 7.72. The summed E-state index contributed by atoms with van der Waals surface area (Å²) in [5.41, 5.74) is 1.62. The molecule has 3 rings (SSSR count). The second kappa shape index (κ2) is 10.5. The van der Waals surface area contributed by atoms with Crippen LogP contribution in [0.25, 0.3) is 11.4 Å². The second-order valence-electron chi connectivity index (χ2n) is 7.39. The lowest BCUT2D eigenvalue weighted by Crippen LogP contribution is -2.59. The average molecular weight is 473 g/mol. The summed E-state index contributed by atoms with van der Waals surface area (Å²) in [6.45, 7) is 5.94. The quantitative estimate of drug-likeness (QED) is 0.499. The number of halogens is 1. The maximum absolute atomic E-state index is 12.5. The summed E-state index contributed by atoms with van der Waals surface area (Å²) >= 11 is 6.36. The first-order chi connectivity index (χ1) is 15.8. The number of carbonyl (C=O) groups excluding carboxylic acids is 3. The fraction of sp³-hybridized carbons (Fsp3) is 0.364. The van der Waals surface area contributed by atoms with Gasteiger partial charge >= 0.3 is 0 Å². The number of piperazine rings is 1. The van der Waals surface area contributed by atoms with Crippen molar-refractivity contribution in [3.8, 4) is 11.4 Å². The van der Waals surface area contributed by atoms with Gasteiger partial charge in [-0.15, -0.1) is 0 Å². The van der Waals surface area contributed by atoms with Crippen LogP contribution in [-0.2, 0) is 14.3 Å². The lowest BCUT2D eigenvalue weighted by molar-refractivity contribution is -0.146. The molecule has 1 fully saturated rings. The Morgan fingerprint density at radius 2 is 1.94 bits per heavy atom. The summed E-state index contributed by atoms with van der Waals surface area (Å²) in [7, 11) is 3.04. The maximum atomic E-state index is 12.5. The molecule has 3 heterocycles. The first kappa shape index (κ1) is 24.3. The average Bonchev–Trinajstić information content (AvgIpc) is 2.82. The van der Waals surface area contributed by atoms with Crippen LogP contribution in [0.4, 0.5) is 0 Å². The summed E-state index contributed by atoms with van der Waals surface area (Å²) in [5.74, 6) is -0.767. The minimum Gasteiger partial charge on any atom is -0.382 e. The van der Waals surface area contributed by atoms with E-state index < -0.39 is 12.1 Å². The van der Waals surface area contributed by atoms with Gasteiger partial charge in [-0.05, 0) is 29.8 Å². The van der Waals surface area contributed by atoms with Gasteiger partial charge in [0.05, 0.1) is 30.1 Å². The maximum Gasteiger partial charge on any atom is 0.269 e. The third-order valence-corrected chi connectivity index (χ3v) is 5.62. The van der Waals surface area contributed by atoms with Crippen molar-refractivity contribution in [3.63, 3.8) is 0 Å². The molecule has 0 spiro atoms. The number of nitrogens with zero attached hydrogens (tertiary/aromatic N) is 5. The Morgan fingerprint density at radius 1 is 1.21 bits per heavy atom. The lowest BCUT2D eigenvalue weighted by atomic mass is 9.93. The molecule has 11 heteroatoms. The van der Waals surface area contributed by atoms with Crippen LogP contribution < -0.4 is 5.32 Å². The number of ether oxygens (including phenoxy) is 1. The van der Waals surface area contributed by atoms with Crippen molar-refractivity contribution < 1.29 is 19.1 Å². The number of hydrogen-bond donors (Lipinski definition) is 1. The van der Waals surface area contributed by atoms with Crippen molar-refractivity contribution in [2.75, 3.05) is 33.9 Å². The van der Waals surface area contributed by atoms with Gasteiger partial charge in [0.2, 0.25) is 11.8 Å². The monoisotopic (exact) mass is 472 g/mol. The molecule has 2 aromatic heterocycles. The molecule has 0 bridgehead atoms. The smallest absolute Gasteiger partial charge is 0.269 e. The van der Waals surface area contributed by atoms with E-state index in [0.717, 1.165) is 0 Å². The van der Waals surface area contributed by atoms with E-state index in [4.69, 9.17) is 16.3 Å². The van der Waals surface area contributed by atoms with Crippen LogP contribution >= 0.6 is 11.6 Å². The van der Waals surface area contributed by atoms with Crippen LogP contribution in [0.3, 0.4) is 0 Å². The molecule has 0 radical (unpaired) electrons. The highest BCUT2D eigenvalue weighted by atomic mass is 35.5. The number of pyridine rings is 1. The van der Waals surface area contributed by atoms with E-state index in [1.807, 2.05) is 0 Å². The Labute approximate surface area is 196 Å². The molecular weight excluding hydrogens is 448 g/mol. The SMILES string of the molecule is C=CC(=O)N1CCN(C(C)=O)[C@H](c2cc(Cl)nc(-c3cc(C(=O)NC)ncn3)c2)[C@H]1COC. The summed E-state index contributed by atoms with van der Waals surface area (Å²) in [6, 6.07) is 3.88. The Bertz CT molecular complexity index is 1080. The number of amides is 3. The third-order valence-electron chi connectivity index (χ3n) is 5.43. The third kappa shape index (κ3) is 5.18. The number of hydrogen-bond acceptors (Lipinski definition) is 7. The van der Waals surface area contributed by atoms with E-state index in [1.165, 1.54) is 39.6 Å². The summed E-state index contributed by atoms with van der Waals surface area (Å²) in [4.78, 5) is 52.9. The van der Waals surface area contributed by atoms with Crippen LogP contribution in [0.2, 0.25) is 5.15 Å². The predicted molar refractivity (Wildman–Crippen MR) is 121 cm³/mol. The number of aromatic nitrogens is 3. The topological polar surface area (TPSA) is 118 Å². The zero-order valence-electron chi connectivity index (χ0n) is 18.6. The minimum absolute atomic E-state index is 0.148. The summed E-state index contributed by atoms with van der Waals surface area (Å²) in [6.07, 6.45) is 2.51. The normalized spacial score (nSPS) is 18.1. The predicted octanol–water partition coefficient (Wildman–Crippen LogP) is 1.48. The lowest BCUT2D eigenvalue weighted by Gasteiger charge is -2.47. The van der Waals surface area contributed by atoms with Crippen molar-refractivity contribution in [1.29, 1.82) is 0 Å². The molecule has 0 aromatic carbocycles. The number of rotatable bonds is 6. The Balaban J connectivity index is 2.12. The van der Waals surface area contributed by atoms with E-state index in [-0.39, 0.29) is 35.2 Å². The molecule has 0 saturated carbocycles. The highest BCUT2D eigenvalue weighted by Crippen LogP contribution is 2.34. The minimum atomic E-state index is -0.542. The molecular formula is C22H25ClN6O4. The highest BCUT2D eigenvalue weighted by molar-refractivity contribution is 6.29. The van der Waals surface area contributed by atoms with Crippen LogP contribution in [0, 0.1) is 0 Å². The van der Waals surface area contributed by atoms with Crippen molar-refractivity contribution >= 4 is 29.3 Å². The second-order valence-corrected chi connectivity index (χ2v) is 7.78. The molecule has 2 atom stereocenters. The molecule has 174 valence electrons. The molecule has 33 heavy (non-hydrogen) atoms. The van der Waals surface area contributed by atoms with E-state index in [2.05, 4.69) is 26.8 Å². The van der Waals surface area contributed by atoms with E-state index in [1.54, 1.807) is 21.9 Å². The van der Waals surface area contributed by atoms with Gasteiger partial charge in [0.1, 0.15) is 17.2 Å². The van der Waals surface area contributed by atoms with Gasteiger partial charge in [0, 0.05) is 34.2 Å². The van der Waals surface area contributed by atoms with Crippen LogP contribution in [0.1, 0.15) is 29.0 Å². The van der Waals surface area contributed by atoms with Gasteiger partial charge in [-0.25, -0.2) is 15.0 Å². The first-order valence-electron chi connectivity index (χ1n) is 10.2. The molecule has 1 aliphatic heterocycles. The van der Waals surface area contributed by atoms with Crippen LogP contribution in [-0.4, -0.2) is 82.4 Å². The summed E-state index contributed by atoms with van der Waals surface area (Å²) < 4.78 is 5.41. The first-order valence-corrected chi connectivity index (χ1v) is 10.6. The molecule has 3 amide bonds. The molecule has 0 aliphatic carbocycles. The zero-order valence-corrected chi connectivity index (χ0v) is 19.4. The van der Waals surface area contributed by atoms with E-state index in [0.29, 0.717) is 30.0 Å². The fourth-order valence-electron chi connectivity index (χ4n) is 3.96. The standard InChI is InChI=1S/C22H25ClN6O4/c1-5-20(31)29-7-6-28(13(2)30)21(18(29)11-33-4)14-8-16(27-19(23)9-14)15-10-17(22(32)24-3)26-12-25-15/h5,8-10,12,18,21H,1,6-7,11H2,2-4H3,(H,24,32)/t18-,21-/m1/s1. The van der Waals surface area contributed by atoms with Crippen molar-refractivity contribution in [1.82, 2.24) is 30.1 Å². The molecule has 2 aromatic rings. The molecule has 1 aliphatic rings. The van der Waals surface area contributed by atoms with Gasteiger partial charge in [0.25, 0.3) is 5.91 Å². The van der Waals surface area contributed by atoms with Crippen LogP contribution in [0.5, 0.6) is 0 Å². The van der Waals surface area contributed by atoms with Crippen molar-refractivity contribution in [2.45, 2.75) is 19.0 Å². The molecule has 1 saturated heterocycles. The van der Waals surface area contributed by atoms with Crippen molar-refractivity contribution in [3.05, 3.63) is 53.6 Å². The van der Waals surface area contributed by atoms with E-state index >= 15 is 0 Å². The summed E-state index contributed by atoms with van der Waals surface area (Å²) in [5, 5.41) is 2.69. The fourth-order valence-corrected chi connectivity index (χ4v) is 4.18. The molecule has 1 N–H and O–H groups in total. The Morgan fingerprint density at radius 3 is 2.58 bits per heavy atom.